The number of aromatic amines is 1. The molecule has 0 fully saturated rings. The monoisotopic (exact) mass is 255 g/mol. The van der Waals surface area contributed by atoms with E-state index in [2.05, 4.69) is 30.8 Å². The summed E-state index contributed by atoms with van der Waals surface area (Å²) < 4.78 is 1.57. The molecule has 3 aromatic rings. The Morgan fingerprint density at radius 2 is 2.26 bits per heavy atom. The Hall–Kier alpha value is -3.03. The van der Waals surface area contributed by atoms with Crippen LogP contribution in [0.2, 0.25) is 0 Å². The Morgan fingerprint density at radius 3 is 3.00 bits per heavy atom. The van der Waals surface area contributed by atoms with Crippen LogP contribution in [0.25, 0.3) is 5.82 Å². The summed E-state index contributed by atoms with van der Waals surface area (Å²) in [7, 11) is 0. The van der Waals surface area contributed by atoms with E-state index in [4.69, 9.17) is 0 Å². The van der Waals surface area contributed by atoms with Gasteiger partial charge in [0, 0.05) is 18.6 Å². The Morgan fingerprint density at radius 1 is 1.32 bits per heavy atom. The molecule has 0 saturated heterocycles. The molecule has 3 aromatic heterocycles. The summed E-state index contributed by atoms with van der Waals surface area (Å²) in [4.78, 5) is 16.1. The van der Waals surface area contributed by atoms with Gasteiger partial charge in [-0.1, -0.05) is 0 Å². The first-order valence-electron chi connectivity index (χ1n) is 5.47. The average molecular weight is 255 g/mol. The number of amides is 1. The first-order chi connectivity index (χ1) is 9.34. The van der Waals surface area contributed by atoms with Gasteiger partial charge < -0.3 is 5.32 Å². The molecule has 19 heavy (non-hydrogen) atoms. The second-order valence-electron chi connectivity index (χ2n) is 3.63. The number of hydrogen-bond acceptors (Lipinski definition) is 5. The van der Waals surface area contributed by atoms with Gasteiger partial charge in [-0.2, -0.15) is 20.5 Å². The molecule has 0 aliphatic carbocycles. The number of nitrogens with one attached hydrogen (secondary N) is 2. The van der Waals surface area contributed by atoms with Crippen molar-refractivity contribution >= 4 is 11.6 Å². The molecule has 0 aliphatic heterocycles. The second-order valence-corrected chi connectivity index (χ2v) is 3.63. The number of hydrogen-bond donors (Lipinski definition) is 2. The summed E-state index contributed by atoms with van der Waals surface area (Å²) in [6, 6.07) is 5.24. The fourth-order valence-electron chi connectivity index (χ4n) is 1.57. The highest BCUT2D eigenvalue weighted by Crippen LogP contribution is 2.16. The lowest BCUT2D eigenvalue weighted by atomic mass is 10.3. The fourth-order valence-corrected chi connectivity index (χ4v) is 1.57. The van der Waals surface area contributed by atoms with E-state index in [1.807, 2.05) is 0 Å². The maximum atomic E-state index is 11.9. The fraction of sp³-hybridized carbons (Fsp3) is 0. The van der Waals surface area contributed by atoms with Gasteiger partial charge in [0.1, 0.15) is 0 Å². The lowest BCUT2D eigenvalue weighted by Gasteiger charge is -2.08. The number of carbonyl (C=O) groups excluding carboxylic acids is 1. The molecule has 8 heteroatoms. The highest BCUT2D eigenvalue weighted by atomic mass is 16.2. The van der Waals surface area contributed by atoms with Crippen molar-refractivity contribution in [2.45, 2.75) is 0 Å². The molecule has 3 heterocycles. The van der Waals surface area contributed by atoms with Crippen molar-refractivity contribution < 1.29 is 4.79 Å². The third-order valence-electron chi connectivity index (χ3n) is 2.40. The van der Waals surface area contributed by atoms with Crippen LogP contribution < -0.4 is 5.32 Å². The van der Waals surface area contributed by atoms with Crippen LogP contribution in [0.1, 0.15) is 10.5 Å². The molecular weight excluding hydrogens is 246 g/mol. The molecule has 0 aromatic carbocycles. The molecule has 0 saturated carbocycles. The number of H-pyrrole nitrogens is 1. The van der Waals surface area contributed by atoms with Gasteiger partial charge in [0.25, 0.3) is 5.91 Å². The maximum absolute atomic E-state index is 11.9. The van der Waals surface area contributed by atoms with E-state index in [0.29, 0.717) is 11.5 Å². The van der Waals surface area contributed by atoms with Crippen molar-refractivity contribution in [3.05, 3.63) is 48.7 Å². The van der Waals surface area contributed by atoms with E-state index in [0.717, 1.165) is 0 Å². The van der Waals surface area contributed by atoms with Crippen LogP contribution in [-0.2, 0) is 0 Å². The first kappa shape index (κ1) is 11.1. The SMILES string of the molecule is O=C(Nc1cccnc1-n1cccn1)c1cn[nH]n1. The normalized spacial score (nSPS) is 10.3. The van der Waals surface area contributed by atoms with Crippen molar-refractivity contribution in [3.8, 4) is 5.82 Å². The van der Waals surface area contributed by atoms with Gasteiger partial charge in [0.2, 0.25) is 0 Å². The zero-order valence-corrected chi connectivity index (χ0v) is 9.69. The van der Waals surface area contributed by atoms with Crippen LogP contribution in [0.5, 0.6) is 0 Å². The van der Waals surface area contributed by atoms with E-state index in [9.17, 15) is 4.79 Å². The van der Waals surface area contributed by atoms with Crippen LogP contribution in [0, 0.1) is 0 Å². The summed E-state index contributed by atoms with van der Waals surface area (Å²) in [5.74, 6) is 0.166. The van der Waals surface area contributed by atoms with Gasteiger partial charge in [0.05, 0.1) is 11.9 Å². The van der Waals surface area contributed by atoms with Crippen LogP contribution in [0.4, 0.5) is 5.69 Å². The van der Waals surface area contributed by atoms with E-state index in [-0.39, 0.29) is 11.6 Å². The quantitative estimate of drug-likeness (QED) is 0.715. The molecule has 8 nitrogen and oxygen atoms in total. The van der Waals surface area contributed by atoms with E-state index in [1.54, 1.807) is 41.5 Å². The van der Waals surface area contributed by atoms with Gasteiger partial charge in [-0.05, 0) is 18.2 Å². The topological polar surface area (TPSA) is 101 Å². The smallest absolute Gasteiger partial charge is 0.277 e. The molecule has 94 valence electrons. The van der Waals surface area contributed by atoms with Gasteiger partial charge in [-0.3, -0.25) is 4.79 Å². The standard InChI is InChI=1S/C11H9N7O/c19-11(9-7-13-17-16-9)15-8-3-1-4-12-10(8)18-6-2-5-14-18/h1-7H,(H,15,19)(H,13,16,17). The number of carbonyl (C=O) groups is 1. The molecule has 0 bridgehead atoms. The Bertz CT molecular complexity index is 675. The summed E-state index contributed by atoms with van der Waals surface area (Å²) in [5.41, 5.74) is 0.745. The summed E-state index contributed by atoms with van der Waals surface area (Å²) in [6.45, 7) is 0. The molecule has 2 N–H and O–H groups in total. The van der Waals surface area contributed by atoms with Crippen LogP contribution >= 0.6 is 0 Å². The van der Waals surface area contributed by atoms with Crippen LogP contribution in [0.3, 0.4) is 0 Å². The molecule has 0 atom stereocenters. The molecule has 0 aliphatic rings. The van der Waals surface area contributed by atoms with Crippen LogP contribution in [-0.4, -0.2) is 36.1 Å². The van der Waals surface area contributed by atoms with E-state index < -0.39 is 0 Å². The van der Waals surface area contributed by atoms with Crippen molar-refractivity contribution in [3.63, 3.8) is 0 Å². The predicted octanol–water partition coefficient (Wildman–Crippen LogP) is 0.638. The summed E-state index contributed by atoms with van der Waals surface area (Å²) in [6.07, 6.45) is 6.36. The number of anilines is 1. The molecule has 1 amide bonds. The van der Waals surface area contributed by atoms with Gasteiger partial charge in [-0.15, -0.1) is 0 Å². The second kappa shape index (κ2) is 4.69. The van der Waals surface area contributed by atoms with Crippen molar-refractivity contribution in [2.24, 2.45) is 0 Å². The zero-order valence-electron chi connectivity index (χ0n) is 9.69. The van der Waals surface area contributed by atoms with Crippen molar-refractivity contribution in [1.82, 2.24) is 30.2 Å². The van der Waals surface area contributed by atoms with E-state index >= 15 is 0 Å². The van der Waals surface area contributed by atoms with Crippen LogP contribution in [0.15, 0.2) is 43.0 Å². The van der Waals surface area contributed by atoms with Crippen molar-refractivity contribution in [2.75, 3.05) is 5.32 Å². The number of rotatable bonds is 3. The lowest BCUT2D eigenvalue weighted by Crippen LogP contribution is -2.15. The number of pyridine rings is 1. The first-order valence-corrected chi connectivity index (χ1v) is 5.47. The van der Waals surface area contributed by atoms with E-state index in [1.165, 1.54) is 6.20 Å². The maximum Gasteiger partial charge on any atom is 0.277 e. The van der Waals surface area contributed by atoms with Gasteiger partial charge >= 0.3 is 0 Å². The van der Waals surface area contributed by atoms with Gasteiger partial charge in [0.15, 0.2) is 11.5 Å². The molecule has 0 radical (unpaired) electrons. The highest BCUT2D eigenvalue weighted by molar-refractivity contribution is 6.03. The minimum atomic E-state index is -0.366. The largest absolute Gasteiger partial charge is 0.317 e. The zero-order chi connectivity index (χ0) is 13.1. The minimum Gasteiger partial charge on any atom is -0.317 e. The Labute approximate surface area is 107 Å². The number of aromatic nitrogens is 6. The molecule has 0 unspecified atom stereocenters. The number of nitrogens with zero attached hydrogens (tertiary/aromatic N) is 5. The molecule has 0 spiro atoms. The third kappa shape index (κ3) is 2.18. The molecule has 3 rings (SSSR count). The summed E-state index contributed by atoms with van der Waals surface area (Å²) >= 11 is 0. The molecular formula is C11H9N7O. The lowest BCUT2D eigenvalue weighted by molar-refractivity contribution is 0.102. The predicted molar refractivity (Wildman–Crippen MR) is 65.7 cm³/mol. The summed E-state index contributed by atoms with van der Waals surface area (Å²) in [5, 5.41) is 16.5. The van der Waals surface area contributed by atoms with Gasteiger partial charge in [-0.25, -0.2) is 9.67 Å². The minimum absolute atomic E-state index is 0.204. The third-order valence-corrected chi connectivity index (χ3v) is 2.40. The highest BCUT2D eigenvalue weighted by Gasteiger charge is 2.12. The Balaban J connectivity index is 1.92. The Kier molecular flexibility index (Phi) is 2.73. The van der Waals surface area contributed by atoms with Crippen molar-refractivity contribution in [1.29, 1.82) is 0 Å². The average Bonchev–Trinajstić information content (AvgIpc) is 3.13.